The van der Waals surface area contributed by atoms with E-state index in [1.165, 1.54) is 0 Å². The number of hydrogen-bond acceptors (Lipinski definition) is 6. The molecule has 25 heavy (non-hydrogen) atoms. The van der Waals surface area contributed by atoms with Gasteiger partial charge in [-0.3, -0.25) is 4.79 Å². The zero-order chi connectivity index (χ0) is 17.4. The first-order valence-corrected chi connectivity index (χ1v) is 8.17. The van der Waals surface area contributed by atoms with Crippen molar-refractivity contribution < 1.29 is 9.53 Å². The second-order valence-electron chi connectivity index (χ2n) is 5.88. The number of nitrogens with one attached hydrogen (secondary N) is 2. The van der Waals surface area contributed by atoms with Crippen LogP contribution in [0.15, 0.2) is 24.3 Å². The number of benzene rings is 1. The molecule has 1 aliphatic carbocycles. The first kappa shape index (κ1) is 15.6. The van der Waals surface area contributed by atoms with Crippen LogP contribution in [-0.2, 0) is 6.61 Å². The molecule has 8 nitrogen and oxygen atoms in total. The summed E-state index contributed by atoms with van der Waals surface area (Å²) in [6, 6.07) is 7.03. The van der Waals surface area contributed by atoms with Gasteiger partial charge in [0.05, 0.1) is 0 Å². The van der Waals surface area contributed by atoms with E-state index in [1.54, 1.807) is 24.3 Å². The van der Waals surface area contributed by atoms with Crippen molar-refractivity contribution >= 4 is 34.5 Å². The Balaban J connectivity index is 1.50. The number of amides is 1. The average Bonchev–Trinajstić information content (AvgIpc) is 3.27. The maximum absolute atomic E-state index is 12.1. The molecular weight excluding hydrogens is 344 g/mol. The Kier molecular flexibility index (Phi) is 3.89. The van der Waals surface area contributed by atoms with Crippen LogP contribution in [0.2, 0.25) is 5.02 Å². The number of H-pyrrole nitrogens is 1. The molecule has 0 aliphatic heterocycles. The second-order valence-corrected chi connectivity index (χ2v) is 6.29. The first-order valence-electron chi connectivity index (χ1n) is 7.79. The van der Waals surface area contributed by atoms with Gasteiger partial charge in [-0.2, -0.15) is 10.3 Å². The van der Waals surface area contributed by atoms with Crippen LogP contribution < -0.4 is 15.8 Å². The zero-order valence-electron chi connectivity index (χ0n) is 13.1. The Bertz CT molecular complexity index is 953. The predicted molar refractivity (Wildman–Crippen MR) is 92.4 cm³/mol. The van der Waals surface area contributed by atoms with E-state index in [0.29, 0.717) is 33.5 Å². The molecule has 2 aromatic heterocycles. The van der Waals surface area contributed by atoms with Gasteiger partial charge >= 0.3 is 0 Å². The average molecular weight is 359 g/mol. The fraction of sp³-hybridized carbons (Fsp3) is 0.250. The molecule has 2 heterocycles. The smallest absolute Gasteiger partial charge is 0.251 e. The lowest BCUT2D eigenvalue weighted by atomic mass is 10.1. The van der Waals surface area contributed by atoms with Crippen molar-refractivity contribution in [3.05, 3.63) is 40.4 Å². The van der Waals surface area contributed by atoms with Gasteiger partial charge in [-0.05, 0) is 25.0 Å². The van der Waals surface area contributed by atoms with Crippen molar-refractivity contribution in [2.75, 3.05) is 5.73 Å². The Hall–Kier alpha value is -2.87. The molecule has 0 bridgehead atoms. The third-order valence-electron chi connectivity index (χ3n) is 3.89. The van der Waals surface area contributed by atoms with Gasteiger partial charge in [-0.1, -0.05) is 17.7 Å². The molecule has 1 saturated carbocycles. The highest BCUT2D eigenvalue weighted by Crippen LogP contribution is 2.26. The Labute approximate surface area is 147 Å². The molecule has 0 spiro atoms. The number of hydrogen-bond donors (Lipinski definition) is 3. The normalized spacial score (nSPS) is 13.8. The lowest BCUT2D eigenvalue weighted by Crippen LogP contribution is -2.25. The van der Waals surface area contributed by atoms with Gasteiger partial charge in [0.1, 0.15) is 12.4 Å². The number of nitrogens with two attached hydrogens (primary N) is 1. The van der Waals surface area contributed by atoms with E-state index in [0.717, 1.165) is 18.4 Å². The number of ether oxygens (including phenoxy) is 1. The number of nitrogens with zero attached hydrogens (tertiary/aromatic N) is 3. The van der Waals surface area contributed by atoms with E-state index in [4.69, 9.17) is 22.1 Å². The molecule has 9 heteroatoms. The molecule has 4 rings (SSSR count). The number of aromatic nitrogens is 4. The number of halogens is 1. The molecule has 0 atom stereocenters. The standard InChI is InChI=1S/C16H15ClN6O2/c17-11-5-8(16(24)19-10-3-4-10)1-2-9(11)7-25-12-6-13(18)20-15-14(12)21-23-22-15/h1-2,5-6,10H,3-4,7H2,(H,19,24)(H3,18,20,21,22,23). The Morgan fingerprint density at radius 3 is 2.96 bits per heavy atom. The Morgan fingerprint density at radius 2 is 2.20 bits per heavy atom. The molecule has 1 aromatic carbocycles. The maximum atomic E-state index is 12.1. The molecule has 128 valence electrons. The molecule has 0 radical (unpaired) electrons. The summed E-state index contributed by atoms with van der Waals surface area (Å²) < 4.78 is 5.77. The summed E-state index contributed by atoms with van der Waals surface area (Å²) >= 11 is 6.29. The van der Waals surface area contributed by atoms with Crippen LogP contribution in [-0.4, -0.2) is 32.3 Å². The quantitative estimate of drug-likeness (QED) is 0.642. The SMILES string of the molecule is Nc1cc(OCc2ccc(C(=O)NC3CC3)cc2Cl)c2n[nH]nc2n1. The van der Waals surface area contributed by atoms with Gasteiger partial charge < -0.3 is 15.8 Å². The van der Waals surface area contributed by atoms with Crippen LogP contribution in [0.1, 0.15) is 28.8 Å². The van der Waals surface area contributed by atoms with E-state index < -0.39 is 0 Å². The number of nitrogen functional groups attached to an aromatic ring is 1. The van der Waals surface area contributed by atoms with Crippen molar-refractivity contribution in [3.63, 3.8) is 0 Å². The molecule has 1 aliphatic rings. The topological polar surface area (TPSA) is 119 Å². The third kappa shape index (κ3) is 3.34. The van der Waals surface area contributed by atoms with Crippen LogP contribution in [0.25, 0.3) is 11.2 Å². The van der Waals surface area contributed by atoms with Crippen LogP contribution in [0, 0.1) is 0 Å². The minimum atomic E-state index is -0.108. The van der Waals surface area contributed by atoms with Crippen molar-refractivity contribution in [1.82, 2.24) is 25.7 Å². The number of carbonyl (C=O) groups excluding carboxylic acids is 1. The van der Waals surface area contributed by atoms with E-state index >= 15 is 0 Å². The zero-order valence-corrected chi connectivity index (χ0v) is 13.9. The fourth-order valence-corrected chi connectivity index (χ4v) is 2.63. The number of aromatic amines is 1. The van der Waals surface area contributed by atoms with Gasteiger partial charge in [-0.15, -0.1) is 5.10 Å². The number of carbonyl (C=O) groups is 1. The molecule has 0 saturated heterocycles. The van der Waals surface area contributed by atoms with Crippen LogP contribution in [0.4, 0.5) is 5.82 Å². The largest absolute Gasteiger partial charge is 0.486 e. The summed E-state index contributed by atoms with van der Waals surface area (Å²) in [5.74, 6) is 0.639. The maximum Gasteiger partial charge on any atom is 0.251 e. The summed E-state index contributed by atoms with van der Waals surface area (Å²) in [5, 5.41) is 13.8. The molecule has 1 amide bonds. The number of pyridine rings is 1. The highest BCUT2D eigenvalue weighted by Gasteiger charge is 2.24. The van der Waals surface area contributed by atoms with Gasteiger partial charge in [0.2, 0.25) is 5.65 Å². The van der Waals surface area contributed by atoms with E-state index in [-0.39, 0.29) is 18.3 Å². The lowest BCUT2D eigenvalue weighted by molar-refractivity contribution is 0.0951. The van der Waals surface area contributed by atoms with Crippen molar-refractivity contribution in [1.29, 1.82) is 0 Å². The molecule has 4 N–H and O–H groups in total. The minimum absolute atomic E-state index is 0.108. The predicted octanol–water partition coefficient (Wildman–Crippen LogP) is 2.06. The summed E-state index contributed by atoms with van der Waals surface area (Å²) in [7, 11) is 0. The number of anilines is 1. The summed E-state index contributed by atoms with van der Waals surface area (Å²) in [5.41, 5.74) is 7.89. The molecule has 1 fully saturated rings. The van der Waals surface area contributed by atoms with Crippen LogP contribution in [0.3, 0.4) is 0 Å². The monoisotopic (exact) mass is 358 g/mol. The van der Waals surface area contributed by atoms with E-state index in [2.05, 4.69) is 25.7 Å². The molecular formula is C16H15ClN6O2. The highest BCUT2D eigenvalue weighted by molar-refractivity contribution is 6.31. The fourth-order valence-electron chi connectivity index (χ4n) is 2.39. The van der Waals surface area contributed by atoms with Crippen LogP contribution in [0.5, 0.6) is 5.75 Å². The van der Waals surface area contributed by atoms with Gasteiger partial charge in [-0.25, -0.2) is 4.98 Å². The van der Waals surface area contributed by atoms with Crippen molar-refractivity contribution in [3.8, 4) is 5.75 Å². The molecule has 3 aromatic rings. The minimum Gasteiger partial charge on any atom is -0.486 e. The highest BCUT2D eigenvalue weighted by atomic mass is 35.5. The van der Waals surface area contributed by atoms with Gasteiger partial charge in [0.25, 0.3) is 5.91 Å². The second kappa shape index (κ2) is 6.21. The third-order valence-corrected chi connectivity index (χ3v) is 4.24. The molecule has 0 unspecified atom stereocenters. The summed E-state index contributed by atoms with van der Waals surface area (Å²) in [4.78, 5) is 16.1. The van der Waals surface area contributed by atoms with Gasteiger partial charge in [0, 0.05) is 28.3 Å². The number of rotatable bonds is 5. The summed E-state index contributed by atoms with van der Waals surface area (Å²) in [6.07, 6.45) is 2.08. The number of fused-ring (bicyclic) bond motifs is 1. The van der Waals surface area contributed by atoms with E-state index in [1.807, 2.05) is 0 Å². The van der Waals surface area contributed by atoms with Crippen molar-refractivity contribution in [2.24, 2.45) is 0 Å². The van der Waals surface area contributed by atoms with Crippen molar-refractivity contribution in [2.45, 2.75) is 25.5 Å². The summed E-state index contributed by atoms with van der Waals surface area (Å²) in [6.45, 7) is 0.203. The Morgan fingerprint density at radius 1 is 1.36 bits per heavy atom. The first-order chi connectivity index (χ1) is 12.1. The van der Waals surface area contributed by atoms with Crippen LogP contribution >= 0.6 is 11.6 Å². The lowest BCUT2D eigenvalue weighted by Gasteiger charge is -2.10. The van der Waals surface area contributed by atoms with Gasteiger partial charge in [0.15, 0.2) is 11.3 Å². The van der Waals surface area contributed by atoms with E-state index in [9.17, 15) is 4.79 Å².